The Kier molecular flexibility index (Phi) is 23.3. The molecular weight excluding hydrogens is 1180 g/mol. The van der Waals surface area contributed by atoms with Gasteiger partial charge in [0, 0.05) is 82.1 Å². The highest BCUT2D eigenvalue weighted by Crippen LogP contribution is 2.41. The molecule has 0 atom stereocenters. The number of ether oxygens (including phenoxy) is 8. The van der Waals surface area contributed by atoms with E-state index >= 15 is 0 Å². The highest BCUT2D eigenvalue weighted by molar-refractivity contribution is 6.62. The maximum atomic E-state index is 12.6. The molecular formula is C67H94BN9O15. The summed E-state index contributed by atoms with van der Waals surface area (Å²) in [7, 11) is 21.6. The Labute approximate surface area is 540 Å². The molecule has 0 saturated carbocycles. The van der Waals surface area contributed by atoms with Gasteiger partial charge in [0.15, 0.2) is 0 Å². The van der Waals surface area contributed by atoms with Crippen LogP contribution in [0.3, 0.4) is 0 Å². The molecule has 8 rings (SSSR count). The molecule has 0 bridgehead atoms. The van der Waals surface area contributed by atoms with Crippen LogP contribution in [0.2, 0.25) is 0 Å². The number of carboxylic acid groups (broad SMARTS) is 1. The Hall–Kier alpha value is -8.36. The van der Waals surface area contributed by atoms with Crippen molar-refractivity contribution >= 4 is 46.3 Å². The van der Waals surface area contributed by atoms with Crippen LogP contribution >= 0.6 is 0 Å². The SMILES string of the molecule is C=C(CN(C)Cc1c(OC)cc(B2OC(C)(C)C(C)(C)O2)cc1OC)OC(C)(C)C.COc1cc(-c2cn(C)c(=O)c3c2cnn3C)cc(OC)c1CN(C)CC(=O)O.COc1cc(-c2cn(C)c(=O)c3c2cnn3C)cc(OC)c1CN(C)CC(=O)OC(C)(C)C. The van der Waals surface area contributed by atoms with E-state index in [1.54, 1.807) is 122 Å². The monoisotopic (exact) mass is 1280 g/mol. The summed E-state index contributed by atoms with van der Waals surface area (Å²) in [6.07, 6.45) is 6.90. The molecule has 0 amide bonds. The van der Waals surface area contributed by atoms with Crippen molar-refractivity contribution in [3.63, 3.8) is 0 Å². The molecule has 0 radical (unpaired) electrons. The number of aromatic nitrogens is 6. The number of fused-ring (bicyclic) bond motifs is 2. The van der Waals surface area contributed by atoms with E-state index in [4.69, 9.17) is 52.3 Å². The van der Waals surface area contributed by atoms with Gasteiger partial charge in [0.1, 0.15) is 62.5 Å². The van der Waals surface area contributed by atoms with Gasteiger partial charge < -0.3 is 61.4 Å². The lowest BCUT2D eigenvalue weighted by Crippen LogP contribution is -2.41. The number of methoxy groups -OCH3 is 6. The Morgan fingerprint density at radius 3 is 1.21 bits per heavy atom. The lowest BCUT2D eigenvalue weighted by molar-refractivity contribution is -0.156. The molecule has 4 aromatic heterocycles. The van der Waals surface area contributed by atoms with Crippen molar-refractivity contribution in [3.8, 4) is 56.8 Å². The lowest BCUT2D eigenvalue weighted by Gasteiger charge is -2.32. The van der Waals surface area contributed by atoms with E-state index in [1.165, 1.54) is 4.57 Å². The van der Waals surface area contributed by atoms with Crippen LogP contribution in [0, 0.1) is 0 Å². The maximum absolute atomic E-state index is 12.6. The largest absolute Gasteiger partial charge is 0.496 e. The van der Waals surface area contributed by atoms with Gasteiger partial charge in [-0.25, -0.2) is 0 Å². The zero-order chi connectivity index (χ0) is 68.7. The molecule has 5 heterocycles. The van der Waals surface area contributed by atoms with E-state index in [-0.39, 0.29) is 35.8 Å². The van der Waals surface area contributed by atoms with Crippen LogP contribution in [-0.4, -0.2) is 173 Å². The molecule has 0 aliphatic carbocycles. The Balaban J connectivity index is 0.000000220. The molecule has 1 fully saturated rings. The van der Waals surface area contributed by atoms with Crippen molar-refractivity contribution in [2.45, 2.75) is 111 Å². The molecule has 7 aromatic rings. The van der Waals surface area contributed by atoms with E-state index in [1.807, 2.05) is 125 Å². The second-order valence-corrected chi connectivity index (χ2v) is 25.9. The number of carbonyl (C=O) groups excluding carboxylic acids is 1. The minimum Gasteiger partial charge on any atom is -0.496 e. The number of esters is 1. The Morgan fingerprint density at radius 1 is 0.554 bits per heavy atom. The summed E-state index contributed by atoms with van der Waals surface area (Å²) in [5.41, 5.74) is 5.81. The molecule has 500 valence electrons. The fourth-order valence-corrected chi connectivity index (χ4v) is 10.6. The quantitative estimate of drug-likeness (QED) is 0.0385. The van der Waals surface area contributed by atoms with Gasteiger partial charge in [-0.1, -0.05) is 6.58 Å². The van der Waals surface area contributed by atoms with Crippen LogP contribution in [0.4, 0.5) is 0 Å². The number of pyridine rings is 2. The number of hydrogen-bond acceptors (Lipinski definition) is 19. The number of nitrogens with zero attached hydrogens (tertiary/aromatic N) is 9. The van der Waals surface area contributed by atoms with E-state index < -0.39 is 29.9 Å². The van der Waals surface area contributed by atoms with Crippen LogP contribution in [0.1, 0.15) is 85.9 Å². The average molecular weight is 1280 g/mol. The summed E-state index contributed by atoms with van der Waals surface area (Å²) in [6, 6.07) is 11.5. The molecule has 1 aliphatic heterocycles. The van der Waals surface area contributed by atoms with E-state index in [9.17, 15) is 19.2 Å². The van der Waals surface area contributed by atoms with Gasteiger partial charge in [0.05, 0.1) is 103 Å². The summed E-state index contributed by atoms with van der Waals surface area (Å²) >= 11 is 0. The zero-order valence-corrected chi connectivity index (χ0v) is 58.0. The molecule has 25 heteroatoms. The number of carboxylic acids is 1. The van der Waals surface area contributed by atoms with Gasteiger partial charge in [-0.05, 0) is 143 Å². The van der Waals surface area contributed by atoms with Gasteiger partial charge >= 0.3 is 19.1 Å². The molecule has 24 nitrogen and oxygen atoms in total. The third-order valence-electron chi connectivity index (χ3n) is 15.5. The minimum absolute atomic E-state index is 0.106. The first-order valence-electron chi connectivity index (χ1n) is 29.9. The highest BCUT2D eigenvalue weighted by Gasteiger charge is 2.52. The number of aliphatic carboxylic acids is 1. The number of aryl methyl sites for hydroxylation is 4. The molecule has 1 saturated heterocycles. The predicted octanol–water partition coefficient (Wildman–Crippen LogP) is 7.97. The number of hydrogen-bond donors (Lipinski definition) is 1. The summed E-state index contributed by atoms with van der Waals surface area (Å²) in [5, 5.41) is 19.0. The van der Waals surface area contributed by atoms with Gasteiger partial charge in [-0.3, -0.25) is 43.2 Å². The second-order valence-electron chi connectivity index (χ2n) is 25.9. The van der Waals surface area contributed by atoms with Gasteiger partial charge in [0.2, 0.25) is 0 Å². The van der Waals surface area contributed by atoms with Gasteiger partial charge in [-0.15, -0.1) is 0 Å². The van der Waals surface area contributed by atoms with Crippen molar-refractivity contribution < 1.29 is 61.9 Å². The van der Waals surface area contributed by atoms with E-state index in [0.29, 0.717) is 60.2 Å². The average Bonchev–Trinajstić information content (AvgIpc) is 1.49. The van der Waals surface area contributed by atoms with Crippen LogP contribution in [0.15, 0.2) is 83.1 Å². The summed E-state index contributed by atoms with van der Waals surface area (Å²) in [4.78, 5) is 53.9. The standard InChI is InChI=1S/C24H32N4O5.C23H38BNO5.C20H24N4O5/c1-24(2,3)33-21(29)14-26(4)12-18-19(31-7)9-15(10-20(18)32-8)17-13-27(5)23(30)22-16(17)11-25-28(22)6;1-16(28-21(2,3)4)14-25(9)15-18-19(26-10)12-17(13-20(18)27-11)24-29-22(5,6)23(7,8)30-24;1-22(11-18(25)26)9-15-16(28-4)6-12(7-17(15)29-5)14-10-23(2)20(27)19-13(14)8-21-24(19)3/h9-11,13H,12,14H2,1-8H3;12-13H,1,14-15H2,2-11H3;6-8,10H,9,11H2,1-5H3,(H,25,26). The topological polar surface area (TPSA) is 236 Å². The third-order valence-corrected chi connectivity index (χ3v) is 15.5. The first-order chi connectivity index (χ1) is 42.9. The lowest BCUT2D eigenvalue weighted by atomic mass is 9.78. The Morgan fingerprint density at radius 2 is 0.880 bits per heavy atom. The second kappa shape index (κ2) is 29.5. The van der Waals surface area contributed by atoms with Crippen LogP contribution in [0.25, 0.3) is 44.1 Å². The van der Waals surface area contributed by atoms with E-state index in [2.05, 4.69) is 21.7 Å². The number of likely N-dealkylation sites (N-methyl/N-ethyl adjacent to an activating group) is 3. The van der Waals surface area contributed by atoms with Crippen molar-refractivity contribution in [1.29, 1.82) is 0 Å². The number of benzene rings is 3. The molecule has 0 spiro atoms. The zero-order valence-electron chi connectivity index (χ0n) is 58.0. The summed E-state index contributed by atoms with van der Waals surface area (Å²) < 4.78 is 63.8. The fraction of sp³-hybridized carbons (Fsp3) is 0.493. The number of rotatable bonds is 22. The van der Waals surface area contributed by atoms with Crippen molar-refractivity contribution in [2.75, 3.05) is 83.4 Å². The number of carbonyl (C=O) groups is 2. The maximum Gasteiger partial charge on any atom is 0.495 e. The first kappa shape index (κ1) is 72.7. The van der Waals surface area contributed by atoms with Gasteiger partial charge in [-0.2, -0.15) is 10.2 Å². The van der Waals surface area contributed by atoms with Crippen molar-refractivity contribution in [2.24, 2.45) is 28.2 Å². The fourth-order valence-electron chi connectivity index (χ4n) is 10.6. The summed E-state index contributed by atoms with van der Waals surface area (Å²) in [6.45, 7) is 25.8. The van der Waals surface area contributed by atoms with Crippen LogP contribution in [0.5, 0.6) is 34.5 Å². The summed E-state index contributed by atoms with van der Waals surface area (Å²) in [5.74, 6) is 3.34. The molecule has 0 unspecified atom stereocenters. The van der Waals surface area contributed by atoms with Crippen molar-refractivity contribution in [3.05, 3.63) is 111 Å². The normalized spacial score (nSPS) is 13.6. The first-order valence-corrected chi connectivity index (χ1v) is 29.9. The molecule has 3 aromatic carbocycles. The smallest absolute Gasteiger partial charge is 0.495 e. The minimum atomic E-state index is -0.911. The van der Waals surface area contributed by atoms with E-state index in [0.717, 1.165) is 72.4 Å². The Bertz CT molecular complexity index is 3840. The molecule has 1 N–H and O–H groups in total. The predicted molar refractivity (Wildman–Crippen MR) is 357 cm³/mol. The highest BCUT2D eigenvalue weighted by atomic mass is 16.7. The van der Waals surface area contributed by atoms with Crippen molar-refractivity contribution in [1.82, 2.24) is 43.4 Å². The molecule has 1 aliphatic rings. The van der Waals surface area contributed by atoms with Gasteiger partial charge in [0.25, 0.3) is 11.1 Å². The third kappa shape index (κ3) is 17.4. The molecule has 92 heavy (non-hydrogen) atoms. The van der Waals surface area contributed by atoms with Crippen LogP contribution < -0.4 is 45.0 Å². The van der Waals surface area contributed by atoms with Crippen LogP contribution in [-0.2, 0) is 76.2 Å².